The lowest BCUT2D eigenvalue weighted by atomic mass is 9.71. The van der Waals surface area contributed by atoms with Crippen LogP contribution in [0.2, 0.25) is 0 Å². The quantitative estimate of drug-likeness (QED) is 0.285. The summed E-state index contributed by atoms with van der Waals surface area (Å²) in [6, 6.07) is 13.6. The molecule has 1 atom stereocenters. The zero-order chi connectivity index (χ0) is 41.3. The number of hydrogen-bond donors (Lipinski definition) is 3. The van der Waals surface area contributed by atoms with Crippen molar-refractivity contribution in [1.82, 2.24) is 25.4 Å². The van der Waals surface area contributed by atoms with E-state index in [2.05, 4.69) is 26.6 Å². The molecule has 5 heterocycles. The van der Waals surface area contributed by atoms with Gasteiger partial charge in [0.05, 0.1) is 43.7 Å². The first-order valence-corrected chi connectivity index (χ1v) is 19.3. The van der Waals surface area contributed by atoms with Crippen molar-refractivity contribution in [2.24, 2.45) is 5.41 Å². The number of pyridine rings is 1. The first-order chi connectivity index (χ1) is 27.0. The fourth-order valence-corrected chi connectivity index (χ4v) is 9.36. The van der Waals surface area contributed by atoms with Crippen LogP contribution in [-0.4, -0.2) is 119 Å². The van der Waals surface area contributed by atoms with E-state index in [9.17, 15) is 31.6 Å². The summed E-state index contributed by atoms with van der Waals surface area (Å²) in [6.07, 6.45) is -1.40. The van der Waals surface area contributed by atoms with Crippen LogP contribution in [0.15, 0.2) is 59.6 Å². The van der Waals surface area contributed by atoms with Crippen LogP contribution < -0.4 is 29.1 Å². The average molecular weight is 816 g/mol. The minimum absolute atomic E-state index is 0.0218. The molecule has 3 aromatic rings. The lowest BCUT2D eigenvalue weighted by molar-refractivity contribution is -0.192. The lowest BCUT2D eigenvalue weighted by Crippen LogP contribution is -2.76. The number of nitriles is 1. The maximum atomic E-state index is 15.1. The van der Waals surface area contributed by atoms with Crippen LogP contribution >= 0.6 is 0 Å². The van der Waals surface area contributed by atoms with Crippen LogP contribution in [0.25, 0.3) is 0 Å². The van der Waals surface area contributed by atoms with E-state index in [0.29, 0.717) is 29.2 Å². The largest absolute Gasteiger partial charge is 0.497 e. The molecule has 1 spiro atoms. The molecule has 3 fully saturated rings. The minimum Gasteiger partial charge on any atom is -0.497 e. The number of likely N-dealkylation sites (tertiary alicyclic amines) is 2. The van der Waals surface area contributed by atoms with Gasteiger partial charge in [-0.05, 0) is 75.3 Å². The van der Waals surface area contributed by atoms with Crippen LogP contribution in [0.1, 0.15) is 36.5 Å². The number of benzene rings is 2. The Kier molecular flexibility index (Phi) is 11.3. The molecule has 304 valence electrons. The van der Waals surface area contributed by atoms with Gasteiger partial charge in [0.25, 0.3) is 15.9 Å². The number of amides is 3. The van der Waals surface area contributed by atoms with Gasteiger partial charge in [0.2, 0.25) is 5.88 Å². The van der Waals surface area contributed by atoms with Gasteiger partial charge in [0.15, 0.2) is 5.54 Å². The highest BCUT2D eigenvalue weighted by Gasteiger charge is 2.61. The summed E-state index contributed by atoms with van der Waals surface area (Å²) in [7, 11) is -1.94. The molecule has 0 radical (unpaired) electrons. The Hall–Kier alpha value is -5.65. The molecule has 4 aliphatic heterocycles. The number of urea groups is 1. The molecule has 3 amide bonds. The number of carbonyl (C=O) groups excluding carboxylic acids is 2. The van der Waals surface area contributed by atoms with Crippen LogP contribution in [-0.2, 0) is 25.2 Å². The molecular formula is C37H40F3N7O9S. The van der Waals surface area contributed by atoms with E-state index in [4.69, 9.17) is 24.1 Å². The van der Waals surface area contributed by atoms with E-state index < -0.39 is 39.6 Å². The number of sulfonamides is 1. The average Bonchev–Trinajstić information content (AvgIpc) is 3.41. The fourth-order valence-electron chi connectivity index (χ4n) is 7.75. The van der Waals surface area contributed by atoms with Crippen molar-refractivity contribution in [3.8, 4) is 23.4 Å². The fraction of sp³-hybridized carbons (Fsp3) is 0.432. The van der Waals surface area contributed by atoms with Crippen molar-refractivity contribution in [3.05, 3.63) is 71.4 Å². The molecule has 0 aliphatic carbocycles. The van der Waals surface area contributed by atoms with Crippen molar-refractivity contribution in [2.45, 2.75) is 42.4 Å². The second-order valence-corrected chi connectivity index (χ2v) is 15.7. The number of piperidine rings is 1. The summed E-state index contributed by atoms with van der Waals surface area (Å²) in [5.74, 6) is -3.40. The third kappa shape index (κ3) is 7.49. The summed E-state index contributed by atoms with van der Waals surface area (Å²) >= 11 is 0. The van der Waals surface area contributed by atoms with Gasteiger partial charge < -0.3 is 34.9 Å². The third-order valence-electron chi connectivity index (χ3n) is 10.4. The van der Waals surface area contributed by atoms with E-state index in [1.807, 2.05) is 0 Å². The molecular weight excluding hydrogens is 776 g/mol. The van der Waals surface area contributed by atoms with Crippen molar-refractivity contribution in [2.75, 3.05) is 64.4 Å². The molecule has 57 heavy (non-hydrogen) atoms. The maximum absolute atomic E-state index is 15.1. The number of carbonyl (C=O) groups is 3. The first-order valence-electron chi connectivity index (χ1n) is 17.8. The van der Waals surface area contributed by atoms with Crippen molar-refractivity contribution in [1.29, 1.82) is 5.26 Å². The smallest absolute Gasteiger partial charge is 0.490 e. The summed E-state index contributed by atoms with van der Waals surface area (Å²) in [4.78, 5) is 46.5. The number of ether oxygens (including phenoxy) is 3. The maximum Gasteiger partial charge on any atom is 0.490 e. The number of methoxy groups -OCH3 is 2. The van der Waals surface area contributed by atoms with E-state index in [0.717, 1.165) is 39.0 Å². The number of nitrogens with zero attached hydrogens (tertiary/aromatic N) is 5. The Morgan fingerprint density at radius 2 is 1.74 bits per heavy atom. The summed E-state index contributed by atoms with van der Waals surface area (Å²) in [6.45, 7) is 6.71. The number of carboxylic acids is 1. The van der Waals surface area contributed by atoms with Gasteiger partial charge in [-0.15, -0.1) is 0 Å². The molecule has 7 rings (SSSR count). The van der Waals surface area contributed by atoms with E-state index >= 15 is 4.79 Å². The number of fused-ring (bicyclic) bond motifs is 1. The number of alkyl halides is 3. The highest BCUT2D eigenvalue weighted by molar-refractivity contribution is 7.93. The molecule has 2 aromatic carbocycles. The zero-order valence-electron chi connectivity index (χ0n) is 31.1. The number of carboxylic acid groups (broad SMARTS) is 1. The predicted molar refractivity (Wildman–Crippen MR) is 195 cm³/mol. The van der Waals surface area contributed by atoms with Crippen LogP contribution in [0.5, 0.6) is 17.4 Å². The van der Waals surface area contributed by atoms with Gasteiger partial charge in [0, 0.05) is 55.5 Å². The standard InChI is InChI=1S/C35H39N7O7S.C2HF3O2/c1-4-49-31-26(6-5-13-38-31)35(39-33(44)41-21-34(22-41)19-40(20-34)24-11-14-37-15-12-24)27-16-23(18-36)7-9-28(27)42(32(35)43)50(45,46)30-10-8-25(47-2)17-29(30)48-3;3-2(4,5)1(6)7/h5-10,13,16-17,24,37H,4,11-12,14-15,19-22H2,1-3H3,(H,39,44);(H,6,7). The van der Waals surface area contributed by atoms with Crippen molar-refractivity contribution in [3.63, 3.8) is 0 Å². The number of halogens is 3. The highest BCUT2D eigenvalue weighted by Crippen LogP contribution is 2.50. The van der Waals surface area contributed by atoms with E-state index in [1.54, 1.807) is 24.0 Å². The third-order valence-corrected chi connectivity index (χ3v) is 12.1. The van der Waals surface area contributed by atoms with Crippen LogP contribution in [0, 0.1) is 16.7 Å². The van der Waals surface area contributed by atoms with Crippen molar-refractivity contribution < 1.29 is 55.3 Å². The Labute approximate surface area is 326 Å². The summed E-state index contributed by atoms with van der Waals surface area (Å²) < 4.78 is 78.1. The number of nitrogens with one attached hydrogen (secondary N) is 2. The normalized spacial score (nSPS) is 20.3. The molecule has 0 saturated carbocycles. The topological polar surface area (TPSA) is 204 Å². The van der Waals surface area contributed by atoms with Gasteiger partial charge in [-0.2, -0.15) is 22.7 Å². The minimum atomic E-state index is -5.08. The second kappa shape index (κ2) is 15.7. The SMILES string of the molecule is CCOc1ncccc1C1(NC(=O)N2CC3(C2)CN(C2CCNCC2)C3)C(=O)N(S(=O)(=O)c2ccc(OC)cc2OC)c2ccc(C#N)cc21.O=C(O)C(F)(F)F. The Balaban J connectivity index is 0.000000719. The predicted octanol–water partition coefficient (Wildman–Crippen LogP) is 3.06. The highest BCUT2D eigenvalue weighted by atomic mass is 32.2. The number of hydrogen-bond acceptors (Lipinski definition) is 12. The number of aromatic nitrogens is 1. The van der Waals surface area contributed by atoms with Crippen LogP contribution in [0.3, 0.4) is 0 Å². The summed E-state index contributed by atoms with van der Waals surface area (Å²) in [5, 5.41) is 23.4. The van der Waals surface area contributed by atoms with Gasteiger partial charge in [-0.25, -0.2) is 23.0 Å². The monoisotopic (exact) mass is 815 g/mol. The van der Waals surface area contributed by atoms with Gasteiger partial charge in [-0.3, -0.25) is 9.69 Å². The molecule has 1 aromatic heterocycles. The Bertz CT molecular complexity index is 2200. The number of rotatable bonds is 9. The lowest BCUT2D eigenvalue weighted by Gasteiger charge is -2.62. The molecule has 3 saturated heterocycles. The van der Waals surface area contributed by atoms with Gasteiger partial charge >= 0.3 is 18.2 Å². The second-order valence-electron chi connectivity index (χ2n) is 13.9. The molecule has 16 nitrogen and oxygen atoms in total. The molecule has 4 aliphatic rings. The van der Waals surface area contributed by atoms with E-state index in [1.165, 1.54) is 56.8 Å². The molecule has 0 bridgehead atoms. The Morgan fingerprint density at radius 3 is 2.33 bits per heavy atom. The zero-order valence-corrected chi connectivity index (χ0v) is 31.9. The van der Waals surface area contributed by atoms with Gasteiger partial charge in [0.1, 0.15) is 16.4 Å². The summed E-state index contributed by atoms with van der Waals surface area (Å²) in [5.41, 5.74) is -1.80. The van der Waals surface area contributed by atoms with Crippen molar-refractivity contribution >= 4 is 33.6 Å². The Morgan fingerprint density at radius 1 is 1.05 bits per heavy atom. The van der Waals surface area contributed by atoms with E-state index in [-0.39, 0.29) is 50.9 Å². The molecule has 3 N–H and O–H groups in total. The number of anilines is 1. The first kappa shape index (κ1) is 41.0. The van der Waals surface area contributed by atoms with Crippen LogP contribution in [0.4, 0.5) is 23.7 Å². The van der Waals surface area contributed by atoms with Gasteiger partial charge in [-0.1, -0.05) is 0 Å². The number of aliphatic carboxylic acids is 1. The molecule has 1 unspecified atom stereocenters. The molecule has 20 heteroatoms.